The van der Waals surface area contributed by atoms with Crippen LogP contribution in [0.2, 0.25) is 0 Å². The van der Waals surface area contributed by atoms with Crippen LogP contribution in [0.4, 0.5) is 0 Å². The Morgan fingerprint density at radius 3 is 2.56 bits per heavy atom. The molecular formula is C19H29N3O4S. The van der Waals surface area contributed by atoms with E-state index < -0.39 is 16.1 Å². The smallest absolute Gasteiger partial charge is 0.241 e. The zero-order chi connectivity index (χ0) is 19.4. The van der Waals surface area contributed by atoms with Crippen LogP contribution in [0.1, 0.15) is 17.5 Å². The van der Waals surface area contributed by atoms with E-state index in [-0.39, 0.29) is 18.2 Å². The number of fused-ring (bicyclic) bond motifs is 1. The summed E-state index contributed by atoms with van der Waals surface area (Å²) in [5.41, 5.74) is 1.88. The summed E-state index contributed by atoms with van der Waals surface area (Å²) >= 11 is 0. The van der Waals surface area contributed by atoms with E-state index >= 15 is 0 Å². The summed E-state index contributed by atoms with van der Waals surface area (Å²) in [6.45, 7) is 5.93. The summed E-state index contributed by atoms with van der Waals surface area (Å²) in [5.74, 6) is -0.0163. The van der Waals surface area contributed by atoms with Crippen LogP contribution in [-0.2, 0) is 25.3 Å². The number of sulfonamides is 1. The lowest BCUT2D eigenvalue weighted by atomic mass is 10.1. The molecule has 1 atom stereocenters. The molecule has 150 valence electrons. The normalized spacial score (nSPS) is 22.5. The van der Waals surface area contributed by atoms with Crippen molar-refractivity contribution in [2.75, 3.05) is 53.0 Å². The first-order valence-corrected chi connectivity index (χ1v) is 11.1. The van der Waals surface area contributed by atoms with Gasteiger partial charge in [-0.05, 0) is 18.9 Å². The first-order valence-electron chi connectivity index (χ1n) is 9.46. The molecule has 7 nitrogen and oxygen atoms in total. The molecule has 1 aromatic rings. The van der Waals surface area contributed by atoms with Gasteiger partial charge in [-0.15, -0.1) is 0 Å². The zero-order valence-electron chi connectivity index (χ0n) is 16.1. The Morgan fingerprint density at radius 2 is 1.85 bits per heavy atom. The molecule has 0 aliphatic carbocycles. The van der Waals surface area contributed by atoms with Gasteiger partial charge >= 0.3 is 0 Å². The van der Waals surface area contributed by atoms with Gasteiger partial charge < -0.3 is 9.64 Å². The van der Waals surface area contributed by atoms with Crippen LogP contribution < -0.4 is 0 Å². The Hall–Kier alpha value is -1.48. The lowest BCUT2D eigenvalue weighted by molar-refractivity contribution is -0.142. The number of carbonyl (C=O) groups is 1. The number of hydrogen-bond acceptors (Lipinski definition) is 5. The molecule has 1 unspecified atom stereocenters. The largest absolute Gasteiger partial charge is 0.383 e. The number of aryl methyl sites for hydroxylation is 1. The van der Waals surface area contributed by atoms with Crippen molar-refractivity contribution in [1.29, 1.82) is 0 Å². The van der Waals surface area contributed by atoms with Crippen LogP contribution in [0, 0.1) is 6.92 Å². The first kappa shape index (κ1) is 20.3. The summed E-state index contributed by atoms with van der Waals surface area (Å²) in [7, 11) is -1.85. The molecule has 2 fully saturated rings. The molecular weight excluding hydrogens is 366 g/mol. The van der Waals surface area contributed by atoms with Crippen molar-refractivity contribution in [1.82, 2.24) is 14.1 Å². The van der Waals surface area contributed by atoms with E-state index in [4.69, 9.17) is 4.74 Å². The molecule has 8 heteroatoms. The van der Waals surface area contributed by atoms with E-state index in [9.17, 15) is 13.2 Å². The van der Waals surface area contributed by atoms with Crippen molar-refractivity contribution < 1.29 is 17.9 Å². The monoisotopic (exact) mass is 395 g/mol. The predicted octanol–water partition coefficient (Wildman–Crippen LogP) is 0.690. The van der Waals surface area contributed by atoms with Crippen LogP contribution in [-0.4, -0.2) is 87.5 Å². The summed E-state index contributed by atoms with van der Waals surface area (Å²) in [6, 6.07) is 7.16. The van der Waals surface area contributed by atoms with E-state index in [2.05, 4.69) is 4.90 Å². The average Bonchev–Trinajstić information content (AvgIpc) is 2.87. The maximum Gasteiger partial charge on any atom is 0.241 e. The quantitative estimate of drug-likeness (QED) is 0.709. The van der Waals surface area contributed by atoms with Crippen molar-refractivity contribution in [3.05, 3.63) is 35.4 Å². The van der Waals surface area contributed by atoms with Crippen molar-refractivity contribution in [2.45, 2.75) is 25.1 Å². The highest BCUT2D eigenvalue weighted by molar-refractivity contribution is 7.88. The third-order valence-electron chi connectivity index (χ3n) is 5.35. The van der Waals surface area contributed by atoms with Gasteiger partial charge in [0.05, 0.1) is 12.4 Å². The second kappa shape index (κ2) is 8.68. The van der Waals surface area contributed by atoms with Crippen molar-refractivity contribution >= 4 is 15.9 Å². The van der Waals surface area contributed by atoms with Gasteiger partial charge in [0.1, 0.15) is 6.04 Å². The van der Waals surface area contributed by atoms with Crippen LogP contribution in [0.5, 0.6) is 0 Å². The predicted molar refractivity (Wildman–Crippen MR) is 104 cm³/mol. The number of methoxy groups -OCH3 is 1. The Bertz CT molecular complexity index is 751. The van der Waals surface area contributed by atoms with Crippen molar-refractivity contribution in [3.63, 3.8) is 0 Å². The minimum atomic E-state index is -3.47. The average molecular weight is 396 g/mol. The molecule has 0 radical (unpaired) electrons. The summed E-state index contributed by atoms with van der Waals surface area (Å²) in [6.07, 6.45) is 0.745. The maximum atomic E-state index is 13.0. The molecule has 0 aromatic heterocycles. The van der Waals surface area contributed by atoms with E-state index in [0.29, 0.717) is 26.2 Å². The standard InChI is InChI=1S/C19H29N3O4S/c1-16-4-6-17(7-5-16)15-27(24,25)22-9-3-8-20-10-11-21(12-13-26-2)19(23)18(20)14-22/h4-7,18H,3,8-15H2,1-2H3. The molecule has 0 spiro atoms. The first-order chi connectivity index (χ1) is 12.9. The zero-order valence-corrected chi connectivity index (χ0v) is 17.0. The van der Waals surface area contributed by atoms with E-state index in [1.54, 1.807) is 12.0 Å². The Labute approximate surface area is 161 Å². The Balaban J connectivity index is 1.72. The number of amides is 1. The molecule has 27 heavy (non-hydrogen) atoms. The number of carbonyl (C=O) groups excluding carboxylic acids is 1. The molecule has 1 aromatic carbocycles. The minimum Gasteiger partial charge on any atom is -0.383 e. The highest BCUT2D eigenvalue weighted by Crippen LogP contribution is 2.21. The van der Waals surface area contributed by atoms with Gasteiger partial charge in [-0.25, -0.2) is 8.42 Å². The van der Waals surface area contributed by atoms with Crippen LogP contribution in [0.3, 0.4) is 0 Å². The number of rotatable bonds is 6. The maximum absolute atomic E-state index is 13.0. The Morgan fingerprint density at radius 1 is 1.11 bits per heavy atom. The third-order valence-corrected chi connectivity index (χ3v) is 7.17. The topological polar surface area (TPSA) is 70.2 Å². The lowest BCUT2D eigenvalue weighted by Crippen LogP contribution is -2.60. The van der Waals surface area contributed by atoms with Gasteiger partial charge in [-0.2, -0.15) is 4.31 Å². The summed E-state index contributed by atoms with van der Waals surface area (Å²) < 4.78 is 32.6. The fraction of sp³-hybridized carbons (Fsp3) is 0.632. The van der Waals surface area contributed by atoms with Crippen molar-refractivity contribution in [2.24, 2.45) is 0 Å². The molecule has 0 saturated carbocycles. The third kappa shape index (κ3) is 4.87. The molecule has 2 heterocycles. The number of piperazine rings is 1. The van der Waals surface area contributed by atoms with Crippen LogP contribution in [0.25, 0.3) is 0 Å². The molecule has 0 bridgehead atoms. The van der Waals surface area contributed by atoms with Gasteiger partial charge in [-0.1, -0.05) is 29.8 Å². The number of ether oxygens (including phenoxy) is 1. The molecule has 1 amide bonds. The van der Waals surface area contributed by atoms with E-state index in [1.807, 2.05) is 31.2 Å². The molecule has 0 N–H and O–H groups in total. The lowest BCUT2D eigenvalue weighted by Gasteiger charge is -2.40. The van der Waals surface area contributed by atoms with Crippen molar-refractivity contribution in [3.8, 4) is 0 Å². The van der Waals surface area contributed by atoms with E-state index in [1.165, 1.54) is 4.31 Å². The highest BCUT2D eigenvalue weighted by atomic mass is 32.2. The molecule has 3 rings (SSSR count). The fourth-order valence-electron chi connectivity index (χ4n) is 3.74. The van der Waals surface area contributed by atoms with Gasteiger partial charge in [-0.3, -0.25) is 9.69 Å². The van der Waals surface area contributed by atoms with Gasteiger partial charge in [0.15, 0.2) is 0 Å². The highest BCUT2D eigenvalue weighted by Gasteiger charge is 2.39. The molecule has 2 aliphatic rings. The number of nitrogens with zero attached hydrogens (tertiary/aromatic N) is 3. The summed E-state index contributed by atoms with van der Waals surface area (Å²) in [5, 5.41) is 0. The van der Waals surface area contributed by atoms with Crippen LogP contribution >= 0.6 is 0 Å². The molecule has 2 aliphatic heterocycles. The van der Waals surface area contributed by atoms with Gasteiger partial charge in [0.25, 0.3) is 0 Å². The number of benzene rings is 1. The number of hydrogen-bond donors (Lipinski definition) is 0. The Kier molecular flexibility index (Phi) is 6.52. The van der Waals surface area contributed by atoms with Crippen LogP contribution in [0.15, 0.2) is 24.3 Å². The molecule has 2 saturated heterocycles. The minimum absolute atomic E-state index is 0.00994. The fourth-order valence-corrected chi connectivity index (χ4v) is 5.31. The summed E-state index contributed by atoms with van der Waals surface area (Å²) in [4.78, 5) is 16.8. The van der Waals surface area contributed by atoms with Gasteiger partial charge in [0, 0.05) is 46.4 Å². The second-order valence-corrected chi connectivity index (χ2v) is 9.29. The SMILES string of the molecule is COCCN1CCN2CCCN(S(=O)(=O)Cc3ccc(C)cc3)CC2C1=O. The van der Waals surface area contributed by atoms with Gasteiger partial charge in [0.2, 0.25) is 15.9 Å². The van der Waals surface area contributed by atoms with E-state index in [0.717, 1.165) is 30.6 Å². The second-order valence-electron chi connectivity index (χ2n) is 7.32.